The first-order valence-electron chi connectivity index (χ1n) is 9.49. The lowest BCUT2D eigenvalue weighted by atomic mass is 10.2. The van der Waals surface area contributed by atoms with E-state index in [2.05, 4.69) is 46.3 Å². The van der Waals surface area contributed by atoms with E-state index in [1.165, 1.54) is 9.75 Å². The number of nitrogens with one attached hydrogen (secondary N) is 3. The monoisotopic (exact) mass is 548 g/mol. The number of rotatable bonds is 8. The fourth-order valence-corrected chi connectivity index (χ4v) is 5.16. The highest BCUT2D eigenvalue weighted by atomic mass is 127. The maximum Gasteiger partial charge on any atom is 0.240 e. The van der Waals surface area contributed by atoms with Crippen LogP contribution in [0.15, 0.2) is 46.3 Å². The predicted octanol–water partition coefficient (Wildman–Crippen LogP) is 3.41. The molecular weight excluding hydrogens is 519 g/mol. The summed E-state index contributed by atoms with van der Waals surface area (Å²) in [5, 5.41) is 6.68. The van der Waals surface area contributed by atoms with Crippen LogP contribution in [0.1, 0.15) is 35.1 Å². The SMILES string of the molecule is CN=C(NCc1ccc(S(=O)(=O)NC2CC2)cc1)NC(C)Cc1ccc(C)s1.I. The Hall–Kier alpha value is -1.17. The molecule has 3 rings (SSSR count). The second kappa shape index (κ2) is 10.7. The first-order valence-corrected chi connectivity index (χ1v) is 11.8. The number of hydrogen-bond donors (Lipinski definition) is 3. The largest absolute Gasteiger partial charge is 0.354 e. The van der Waals surface area contributed by atoms with Gasteiger partial charge in [-0.2, -0.15) is 0 Å². The molecule has 3 N–H and O–H groups in total. The molecular formula is C20H29IN4O2S2. The third kappa shape index (κ3) is 7.54. The summed E-state index contributed by atoms with van der Waals surface area (Å²) >= 11 is 1.82. The first kappa shape index (κ1) is 24.1. The van der Waals surface area contributed by atoms with Gasteiger partial charge in [0.1, 0.15) is 0 Å². The van der Waals surface area contributed by atoms with E-state index in [0.29, 0.717) is 11.4 Å². The maximum atomic E-state index is 12.2. The topological polar surface area (TPSA) is 82.6 Å². The molecule has 0 aliphatic heterocycles. The van der Waals surface area contributed by atoms with Crippen LogP contribution in [-0.4, -0.2) is 33.5 Å². The number of halogens is 1. The molecule has 1 atom stereocenters. The summed E-state index contributed by atoms with van der Waals surface area (Å²) in [5.41, 5.74) is 0.995. The van der Waals surface area contributed by atoms with Crippen molar-refractivity contribution in [1.82, 2.24) is 15.4 Å². The molecule has 1 unspecified atom stereocenters. The molecule has 1 heterocycles. The van der Waals surface area contributed by atoms with E-state index in [4.69, 9.17) is 0 Å². The molecule has 29 heavy (non-hydrogen) atoms. The summed E-state index contributed by atoms with van der Waals surface area (Å²) in [6.45, 7) is 4.82. The van der Waals surface area contributed by atoms with Crippen molar-refractivity contribution in [1.29, 1.82) is 0 Å². The van der Waals surface area contributed by atoms with E-state index in [1.54, 1.807) is 19.2 Å². The average Bonchev–Trinajstić information content (AvgIpc) is 3.37. The normalized spacial score (nSPS) is 15.5. The Morgan fingerprint density at radius 2 is 1.90 bits per heavy atom. The highest BCUT2D eigenvalue weighted by Crippen LogP contribution is 2.22. The first-order chi connectivity index (χ1) is 13.4. The quantitative estimate of drug-likeness (QED) is 0.268. The molecule has 1 aliphatic carbocycles. The second-order valence-corrected chi connectivity index (χ2v) is 10.3. The zero-order chi connectivity index (χ0) is 20.1. The van der Waals surface area contributed by atoms with Gasteiger partial charge < -0.3 is 10.6 Å². The van der Waals surface area contributed by atoms with E-state index in [-0.39, 0.29) is 36.1 Å². The van der Waals surface area contributed by atoms with Crippen LogP contribution in [0.4, 0.5) is 0 Å². The zero-order valence-corrected chi connectivity index (χ0v) is 20.9. The number of aliphatic imine (C=N–C) groups is 1. The van der Waals surface area contributed by atoms with Crippen molar-refractivity contribution in [3.8, 4) is 0 Å². The van der Waals surface area contributed by atoms with Gasteiger partial charge in [0.15, 0.2) is 5.96 Å². The lowest BCUT2D eigenvalue weighted by Gasteiger charge is -2.17. The molecule has 0 amide bonds. The van der Waals surface area contributed by atoms with Gasteiger partial charge in [-0.25, -0.2) is 13.1 Å². The Labute approximate surface area is 194 Å². The Morgan fingerprint density at radius 3 is 2.45 bits per heavy atom. The van der Waals surface area contributed by atoms with Crippen LogP contribution in [0.2, 0.25) is 0 Å². The molecule has 1 saturated carbocycles. The van der Waals surface area contributed by atoms with Crippen molar-refractivity contribution in [2.75, 3.05) is 7.05 Å². The van der Waals surface area contributed by atoms with E-state index >= 15 is 0 Å². The van der Waals surface area contributed by atoms with Crippen molar-refractivity contribution in [2.24, 2.45) is 4.99 Å². The van der Waals surface area contributed by atoms with Crippen LogP contribution < -0.4 is 15.4 Å². The molecule has 0 radical (unpaired) electrons. The molecule has 2 aromatic rings. The Morgan fingerprint density at radius 1 is 1.21 bits per heavy atom. The van der Waals surface area contributed by atoms with Gasteiger partial charge in [0.2, 0.25) is 10.0 Å². The van der Waals surface area contributed by atoms with Crippen molar-refractivity contribution in [2.45, 2.75) is 56.6 Å². The van der Waals surface area contributed by atoms with Crippen LogP contribution >= 0.6 is 35.3 Å². The molecule has 1 fully saturated rings. The van der Waals surface area contributed by atoms with Crippen molar-refractivity contribution < 1.29 is 8.42 Å². The van der Waals surface area contributed by atoms with Gasteiger partial charge in [-0.15, -0.1) is 35.3 Å². The third-order valence-electron chi connectivity index (χ3n) is 4.50. The molecule has 1 aromatic heterocycles. The fourth-order valence-electron chi connectivity index (χ4n) is 2.84. The summed E-state index contributed by atoms with van der Waals surface area (Å²) < 4.78 is 27.1. The van der Waals surface area contributed by atoms with Gasteiger partial charge in [-0.1, -0.05) is 12.1 Å². The summed E-state index contributed by atoms with van der Waals surface area (Å²) in [5.74, 6) is 0.730. The molecule has 0 spiro atoms. The number of hydrogen-bond acceptors (Lipinski definition) is 4. The maximum absolute atomic E-state index is 12.2. The summed E-state index contributed by atoms with van der Waals surface area (Å²) in [7, 11) is -1.65. The molecule has 160 valence electrons. The van der Waals surface area contributed by atoms with Crippen LogP contribution in [0.5, 0.6) is 0 Å². The van der Waals surface area contributed by atoms with E-state index in [9.17, 15) is 8.42 Å². The molecule has 1 aliphatic rings. The minimum Gasteiger partial charge on any atom is -0.354 e. The molecule has 0 bridgehead atoms. The van der Waals surface area contributed by atoms with Gasteiger partial charge in [-0.05, 0) is 56.5 Å². The number of aryl methyl sites for hydroxylation is 1. The lowest BCUT2D eigenvalue weighted by Crippen LogP contribution is -2.42. The predicted molar refractivity (Wildman–Crippen MR) is 131 cm³/mol. The van der Waals surface area contributed by atoms with Crippen LogP contribution in [0.3, 0.4) is 0 Å². The van der Waals surface area contributed by atoms with Gasteiger partial charge in [-0.3, -0.25) is 4.99 Å². The minimum absolute atomic E-state index is 0. The van der Waals surface area contributed by atoms with Gasteiger partial charge in [0.25, 0.3) is 0 Å². The number of benzene rings is 1. The van der Waals surface area contributed by atoms with E-state index in [1.807, 2.05) is 23.5 Å². The standard InChI is InChI=1S/C20H28N4O2S2.HI/c1-14(12-18-9-4-15(2)27-18)23-20(21-3)22-13-16-5-10-19(11-6-16)28(25,26)24-17-7-8-17;/h4-6,9-11,14,17,24H,7-8,12-13H2,1-3H3,(H2,21,22,23);1H. The number of guanidine groups is 1. The zero-order valence-electron chi connectivity index (χ0n) is 16.9. The van der Waals surface area contributed by atoms with Crippen LogP contribution in [0.25, 0.3) is 0 Å². The number of thiophene rings is 1. The number of sulfonamides is 1. The number of nitrogens with zero attached hydrogens (tertiary/aromatic N) is 1. The lowest BCUT2D eigenvalue weighted by molar-refractivity contribution is 0.581. The summed E-state index contributed by atoms with van der Waals surface area (Å²) in [4.78, 5) is 7.26. The van der Waals surface area contributed by atoms with E-state index in [0.717, 1.165) is 30.8 Å². The smallest absolute Gasteiger partial charge is 0.240 e. The highest BCUT2D eigenvalue weighted by Gasteiger charge is 2.27. The van der Waals surface area contributed by atoms with E-state index < -0.39 is 10.0 Å². The Kier molecular flexibility index (Phi) is 8.92. The average molecular weight is 549 g/mol. The third-order valence-corrected chi connectivity index (χ3v) is 7.06. The second-order valence-electron chi connectivity index (χ2n) is 7.23. The summed E-state index contributed by atoms with van der Waals surface area (Å²) in [6, 6.07) is 11.6. The van der Waals surface area contributed by atoms with Crippen LogP contribution in [0, 0.1) is 6.92 Å². The molecule has 1 aromatic carbocycles. The Bertz CT molecular complexity index is 922. The summed E-state index contributed by atoms with van der Waals surface area (Å²) in [6.07, 6.45) is 2.80. The van der Waals surface area contributed by atoms with Gasteiger partial charge in [0, 0.05) is 41.9 Å². The van der Waals surface area contributed by atoms with Gasteiger partial charge in [0.05, 0.1) is 4.90 Å². The van der Waals surface area contributed by atoms with Crippen LogP contribution in [-0.2, 0) is 23.0 Å². The van der Waals surface area contributed by atoms with Crippen molar-refractivity contribution >= 4 is 51.3 Å². The minimum atomic E-state index is -3.40. The van der Waals surface area contributed by atoms with Gasteiger partial charge >= 0.3 is 0 Å². The Balaban J connectivity index is 0.00000300. The molecule has 9 heteroatoms. The molecule has 6 nitrogen and oxygen atoms in total. The van der Waals surface area contributed by atoms with Crippen molar-refractivity contribution in [3.05, 3.63) is 51.7 Å². The molecule has 0 saturated heterocycles. The fraction of sp³-hybridized carbons (Fsp3) is 0.450. The highest BCUT2D eigenvalue weighted by molar-refractivity contribution is 14.0. The van der Waals surface area contributed by atoms with Crippen molar-refractivity contribution in [3.63, 3.8) is 0 Å².